The number of aromatic nitrogens is 2. The number of fused-ring (bicyclic) bond motifs is 2. The van der Waals surface area contributed by atoms with E-state index in [-0.39, 0.29) is 11.5 Å². The Kier molecular flexibility index (Phi) is 3.34. The molecular formula is C19H19ClN4O. The SMILES string of the molecule is Cc1c(-c2cc(Cl)cc3c2CC(C)(C)O3)ccc2nc(N)nc(N)c12. The van der Waals surface area contributed by atoms with Gasteiger partial charge in [0.05, 0.1) is 5.52 Å². The highest BCUT2D eigenvalue weighted by atomic mass is 35.5. The van der Waals surface area contributed by atoms with E-state index in [0.717, 1.165) is 45.3 Å². The Morgan fingerprint density at radius 2 is 1.88 bits per heavy atom. The minimum Gasteiger partial charge on any atom is -0.487 e. The van der Waals surface area contributed by atoms with Gasteiger partial charge in [0.1, 0.15) is 17.2 Å². The second kappa shape index (κ2) is 5.23. The molecule has 3 aromatic rings. The van der Waals surface area contributed by atoms with Crippen LogP contribution in [0.1, 0.15) is 25.0 Å². The zero-order valence-corrected chi connectivity index (χ0v) is 15.1. The van der Waals surface area contributed by atoms with Crippen LogP contribution in [0, 0.1) is 6.92 Å². The predicted molar refractivity (Wildman–Crippen MR) is 102 cm³/mol. The van der Waals surface area contributed by atoms with Gasteiger partial charge in [-0.25, -0.2) is 4.98 Å². The molecule has 0 bridgehead atoms. The fourth-order valence-electron chi connectivity index (χ4n) is 3.62. The molecule has 0 aliphatic carbocycles. The molecule has 2 heterocycles. The molecule has 4 rings (SSSR count). The Hall–Kier alpha value is -2.53. The van der Waals surface area contributed by atoms with Crippen LogP contribution < -0.4 is 16.2 Å². The summed E-state index contributed by atoms with van der Waals surface area (Å²) in [6.45, 7) is 6.17. The summed E-state index contributed by atoms with van der Waals surface area (Å²) in [5.41, 5.74) is 16.6. The van der Waals surface area contributed by atoms with Crippen molar-refractivity contribution in [3.63, 3.8) is 0 Å². The van der Waals surface area contributed by atoms with Crippen molar-refractivity contribution in [3.8, 4) is 16.9 Å². The van der Waals surface area contributed by atoms with Gasteiger partial charge < -0.3 is 16.2 Å². The lowest BCUT2D eigenvalue weighted by Crippen LogP contribution is -2.24. The maximum Gasteiger partial charge on any atom is 0.222 e. The Labute approximate surface area is 151 Å². The zero-order valence-electron chi connectivity index (χ0n) is 14.4. The molecule has 1 aliphatic heterocycles. The van der Waals surface area contributed by atoms with Gasteiger partial charge in [-0.3, -0.25) is 0 Å². The summed E-state index contributed by atoms with van der Waals surface area (Å²) < 4.78 is 6.05. The number of nitrogens with two attached hydrogens (primary N) is 2. The molecular weight excluding hydrogens is 336 g/mol. The van der Waals surface area contributed by atoms with Crippen LogP contribution in [0.3, 0.4) is 0 Å². The van der Waals surface area contributed by atoms with E-state index in [1.807, 2.05) is 31.2 Å². The van der Waals surface area contributed by atoms with Gasteiger partial charge in [-0.1, -0.05) is 17.7 Å². The van der Waals surface area contributed by atoms with Crippen LogP contribution in [-0.4, -0.2) is 15.6 Å². The fraction of sp³-hybridized carbons (Fsp3) is 0.263. The van der Waals surface area contributed by atoms with E-state index in [0.29, 0.717) is 10.8 Å². The van der Waals surface area contributed by atoms with E-state index in [2.05, 4.69) is 23.8 Å². The quantitative estimate of drug-likeness (QED) is 0.685. The predicted octanol–water partition coefficient (Wildman–Crippen LogP) is 4.14. The molecule has 0 atom stereocenters. The second-order valence-electron chi connectivity index (χ2n) is 7.07. The number of nitrogens with zero attached hydrogens (tertiary/aromatic N) is 2. The van der Waals surface area contributed by atoms with E-state index in [9.17, 15) is 0 Å². The van der Waals surface area contributed by atoms with Crippen molar-refractivity contribution in [1.82, 2.24) is 9.97 Å². The number of benzene rings is 2. The molecule has 0 unspecified atom stereocenters. The first-order chi connectivity index (χ1) is 11.7. The average Bonchev–Trinajstić information content (AvgIpc) is 2.80. The minimum atomic E-state index is -0.247. The van der Waals surface area contributed by atoms with E-state index < -0.39 is 0 Å². The van der Waals surface area contributed by atoms with E-state index in [1.54, 1.807) is 0 Å². The molecule has 0 radical (unpaired) electrons. The zero-order chi connectivity index (χ0) is 17.9. The largest absolute Gasteiger partial charge is 0.487 e. The minimum absolute atomic E-state index is 0.177. The van der Waals surface area contributed by atoms with Crippen LogP contribution >= 0.6 is 11.6 Å². The second-order valence-corrected chi connectivity index (χ2v) is 7.50. The topological polar surface area (TPSA) is 87.0 Å². The van der Waals surface area contributed by atoms with E-state index in [1.165, 1.54) is 0 Å². The van der Waals surface area contributed by atoms with Gasteiger partial charge in [-0.15, -0.1) is 0 Å². The van der Waals surface area contributed by atoms with Gasteiger partial charge >= 0.3 is 0 Å². The van der Waals surface area contributed by atoms with E-state index in [4.69, 9.17) is 27.8 Å². The lowest BCUT2D eigenvalue weighted by molar-refractivity contribution is 0.138. The Bertz CT molecular complexity index is 1030. The van der Waals surface area contributed by atoms with Crippen molar-refractivity contribution in [3.05, 3.63) is 40.4 Å². The third-order valence-corrected chi connectivity index (χ3v) is 4.84. The van der Waals surface area contributed by atoms with Crippen LogP contribution in [0.25, 0.3) is 22.0 Å². The number of ether oxygens (including phenoxy) is 1. The molecule has 25 heavy (non-hydrogen) atoms. The molecule has 128 valence electrons. The Balaban J connectivity index is 2.00. The highest BCUT2D eigenvalue weighted by molar-refractivity contribution is 6.31. The molecule has 6 heteroatoms. The lowest BCUT2D eigenvalue weighted by Gasteiger charge is -2.16. The van der Waals surface area contributed by atoms with Crippen LogP contribution in [-0.2, 0) is 6.42 Å². The first kappa shape index (κ1) is 16.0. The van der Waals surface area contributed by atoms with Gasteiger partial charge in [-0.2, -0.15) is 4.98 Å². The van der Waals surface area contributed by atoms with Crippen LogP contribution in [0.15, 0.2) is 24.3 Å². The van der Waals surface area contributed by atoms with Crippen molar-refractivity contribution in [2.24, 2.45) is 0 Å². The third kappa shape index (κ3) is 2.55. The highest BCUT2D eigenvalue weighted by Gasteiger charge is 2.33. The van der Waals surface area contributed by atoms with Crippen LogP contribution in [0.5, 0.6) is 5.75 Å². The number of rotatable bonds is 1. The summed E-state index contributed by atoms with van der Waals surface area (Å²) in [6, 6.07) is 7.80. The Morgan fingerprint density at radius 3 is 2.64 bits per heavy atom. The molecule has 1 aliphatic rings. The number of halogens is 1. The maximum absolute atomic E-state index is 6.35. The third-order valence-electron chi connectivity index (χ3n) is 4.62. The number of anilines is 2. The van der Waals surface area contributed by atoms with Crippen LogP contribution in [0.2, 0.25) is 5.02 Å². The standard InChI is InChI=1S/C19H19ClN4O/c1-9-11(4-5-14-16(9)17(21)24-18(22)23-14)12-6-10(20)7-15-13(12)8-19(2,3)25-15/h4-7H,8H2,1-3H3,(H4,21,22,23,24). The molecule has 5 nitrogen and oxygen atoms in total. The molecule has 0 fully saturated rings. The summed E-state index contributed by atoms with van der Waals surface area (Å²) in [5, 5.41) is 1.46. The van der Waals surface area contributed by atoms with Gasteiger partial charge in [0.15, 0.2) is 0 Å². The van der Waals surface area contributed by atoms with Crippen molar-refractivity contribution < 1.29 is 4.74 Å². The summed E-state index contributed by atoms with van der Waals surface area (Å²) in [5.74, 6) is 1.40. The van der Waals surface area contributed by atoms with Gasteiger partial charge in [0.25, 0.3) is 0 Å². The smallest absolute Gasteiger partial charge is 0.222 e. The molecule has 0 saturated heterocycles. The monoisotopic (exact) mass is 354 g/mol. The van der Waals surface area contributed by atoms with Crippen molar-refractivity contribution >= 4 is 34.3 Å². The average molecular weight is 355 g/mol. The first-order valence-corrected chi connectivity index (χ1v) is 8.47. The Morgan fingerprint density at radius 1 is 1.12 bits per heavy atom. The summed E-state index contributed by atoms with van der Waals surface area (Å²) in [6.07, 6.45) is 0.819. The first-order valence-electron chi connectivity index (χ1n) is 8.09. The normalized spacial score (nSPS) is 15.2. The number of hydrogen-bond donors (Lipinski definition) is 2. The molecule has 4 N–H and O–H groups in total. The number of nitrogen functional groups attached to an aromatic ring is 2. The summed E-state index contributed by atoms with van der Waals surface area (Å²) >= 11 is 6.35. The van der Waals surface area contributed by atoms with E-state index >= 15 is 0 Å². The van der Waals surface area contributed by atoms with Gasteiger partial charge in [-0.05, 0) is 55.7 Å². The lowest BCUT2D eigenvalue weighted by atomic mass is 9.90. The van der Waals surface area contributed by atoms with Crippen molar-refractivity contribution in [2.75, 3.05) is 11.5 Å². The van der Waals surface area contributed by atoms with Crippen molar-refractivity contribution in [1.29, 1.82) is 0 Å². The molecule has 2 aromatic carbocycles. The molecule has 0 amide bonds. The molecule has 0 saturated carbocycles. The molecule has 1 aromatic heterocycles. The molecule has 0 spiro atoms. The fourth-order valence-corrected chi connectivity index (χ4v) is 3.83. The number of hydrogen-bond acceptors (Lipinski definition) is 5. The van der Waals surface area contributed by atoms with Crippen molar-refractivity contribution in [2.45, 2.75) is 32.8 Å². The van der Waals surface area contributed by atoms with Gasteiger partial charge in [0.2, 0.25) is 5.95 Å². The van der Waals surface area contributed by atoms with Crippen LogP contribution in [0.4, 0.5) is 11.8 Å². The maximum atomic E-state index is 6.35. The number of aryl methyl sites for hydroxylation is 1. The van der Waals surface area contributed by atoms with Gasteiger partial charge in [0, 0.05) is 22.4 Å². The highest BCUT2D eigenvalue weighted by Crippen LogP contribution is 2.44. The summed E-state index contributed by atoms with van der Waals surface area (Å²) in [4.78, 5) is 8.39. The summed E-state index contributed by atoms with van der Waals surface area (Å²) in [7, 11) is 0.